The number of hydrogen-bond donors (Lipinski definition) is 2. The van der Waals surface area contributed by atoms with Crippen LogP contribution in [0.4, 0.5) is 4.79 Å². The Hall–Kier alpha value is -1.63. The predicted octanol–water partition coefficient (Wildman–Crippen LogP) is 2.14. The molecule has 1 spiro atoms. The van der Waals surface area contributed by atoms with Gasteiger partial charge in [-0.2, -0.15) is 0 Å². The average Bonchev–Trinajstić information content (AvgIpc) is 2.82. The molecule has 1 unspecified atom stereocenters. The highest BCUT2D eigenvalue weighted by molar-refractivity contribution is 5.68. The van der Waals surface area contributed by atoms with Crippen LogP contribution in [-0.2, 0) is 11.3 Å². The molecule has 0 saturated carbocycles. The summed E-state index contributed by atoms with van der Waals surface area (Å²) in [6.07, 6.45) is 0.763. The molecule has 2 aliphatic rings. The molecule has 1 aromatic rings. The van der Waals surface area contributed by atoms with Gasteiger partial charge in [-0.1, -0.05) is 30.3 Å². The van der Waals surface area contributed by atoms with E-state index < -0.39 is 11.8 Å². The van der Waals surface area contributed by atoms with Crippen LogP contribution in [0.15, 0.2) is 30.3 Å². The van der Waals surface area contributed by atoms with Gasteiger partial charge in [0.05, 0.1) is 5.66 Å². The van der Waals surface area contributed by atoms with Crippen LogP contribution in [0.5, 0.6) is 0 Å². The number of aliphatic hydroxyl groups is 1. The summed E-state index contributed by atoms with van der Waals surface area (Å²) in [5.41, 5.74) is 0.494. The molecule has 1 amide bonds. The molecule has 2 fully saturated rings. The van der Waals surface area contributed by atoms with E-state index in [2.05, 4.69) is 22.3 Å². The van der Waals surface area contributed by atoms with Crippen molar-refractivity contribution in [3.63, 3.8) is 0 Å². The molecule has 138 valence electrons. The topological polar surface area (TPSA) is 65.0 Å². The van der Waals surface area contributed by atoms with Crippen LogP contribution in [0.25, 0.3) is 0 Å². The van der Waals surface area contributed by atoms with Crippen LogP contribution in [0, 0.1) is 0 Å². The summed E-state index contributed by atoms with van der Waals surface area (Å²) < 4.78 is 5.48. The van der Waals surface area contributed by atoms with Crippen molar-refractivity contribution in [3.05, 3.63) is 35.9 Å². The minimum Gasteiger partial charge on any atom is -0.444 e. The maximum atomic E-state index is 12.3. The van der Waals surface area contributed by atoms with Crippen molar-refractivity contribution in [1.82, 2.24) is 15.1 Å². The molecule has 3 rings (SSSR count). The van der Waals surface area contributed by atoms with Gasteiger partial charge in [0.1, 0.15) is 11.8 Å². The first-order valence-electron chi connectivity index (χ1n) is 9.00. The zero-order chi connectivity index (χ0) is 18.1. The highest BCUT2D eigenvalue weighted by Crippen LogP contribution is 2.33. The molecule has 2 aliphatic heterocycles. The lowest BCUT2D eigenvalue weighted by atomic mass is 9.95. The molecule has 6 heteroatoms. The molecule has 1 atom stereocenters. The number of nitrogens with zero attached hydrogens (tertiary/aromatic N) is 2. The molecule has 2 N–H and O–H groups in total. The Morgan fingerprint density at radius 2 is 1.92 bits per heavy atom. The zero-order valence-corrected chi connectivity index (χ0v) is 15.4. The fourth-order valence-electron chi connectivity index (χ4n) is 3.70. The SMILES string of the molecule is CC(C)(C)OC(=O)N1CCC2(CC1)NC(O)CN2Cc1ccccc1. The third kappa shape index (κ3) is 4.32. The summed E-state index contributed by atoms with van der Waals surface area (Å²) in [6.45, 7) is 8.28. The number of nitrogens with one attached hydrogen (secondary N) is 1. The van der Waals surface area contributed by atoms with Crippen LogP contribution in [0.1, 0.15) is 39.2 Å². The number of benzene rings is 1. The fourth-order valence-corrected chi connectivity index (χ4v) is 3.70. The van der Waals surface area contributed by atoms with E-state index in [0.717, 1.165) is 19.4 Å². The van der Waals surface area contributed by atoms with Crippen LogP contribution < -0.4 is 5.32 Å². The molecule has 1 aromatic carbocycles. The van der Waals surface area contributed by atoms with Gasteiger partial charge in [-0.15, -0.1) is 0 Å². The minimum absolute atomic E-state index is 0.254. The van der Waals surface area contributed by atoms with E-state index in [-0.39, 0.29) is 11.8 Å². The average molecular weight is 347 g/mol. The zero-order valence-electron chi connectivity index (χ0n) is 15.4. The summed E-state index contributed by atoms with van der Waals surface area (Å²) in [6, 6.07) is 10.3. The van der Waals surface area contributed by atoms with Crippen LogP contribution in [0.2, 0.25) is 0 Å². The van der Waals surface area contributed by atoms with E-state index in [9.17, 15) is 9.90 Å². The number of carbonyl (C=O) groups is 1. The van der Waals surface area contributed by atoms with Gasteiger partial charge in [0.25, 0.3) is 0 Å². The number of amides is 1. The van der Waals surface area contributed by atoms with E-state index in [1.54, 1.807) is 4.90 Å². The van der Waals surface area contributed by atoms with Crippen molar-refractivity contribution in [2.24, 2.45) is 0 Å². The molecule has 0 bridgehead atoms. The summed E-state index contributed by atoms with van der Waals surface area (Å²) in [7, 11) is 0. The van der Waals surface area contributed by atoms with E-state index in [1.165, 1.54) is 5.56 Å². The Labute approximate surface area is 149 Å². The third-order valence-electron chi connectivity index (χ3n) is 4.89. The van der Waals surface area contributed by atoms with Crippen molar-refractivity contribution >= 4 is 6.09 Å². The second-order valence-corrected chi connectivity index (χ2v) is 8.03. The number of hydrogen-bond acceptors (Lipinski definition) is 5. The quantitative estimate of drug-likeness (QED) is 0.858. The molecule has 2 saturated heterocycles. The maximum Gasteiger partial charge on any atom is 0.410 e. The Kier molecular flexibility index (Phi) is 5.04. The van der Waals surface area contributed by atoms with Gasteiger partial charge in [-0.25, -0.2) is 4.79 Å². The van der Waals surface area contributed by atoms with Crippen LogP contribution in [0.3, 0.4) is 0 Å². The summed E-state index contributed by atoms with van der Waals surface area (Å²) in [4.78, 5) is 16.3. The summed E-state index contributed by atoms with van der Waals surface area (Å²) >= 11 is 0. The number of ether oxygens (including phenoxy) is 1. The van der Waals surface area contributed by atoms with E-state index >= 15 is 0 Å². The van der Waals surface area contributed by atoms with Crippen molar-refractivity contribution in [2.75, 3.05) is 19.6 Å². The van der Waals surface area contributed by atoms with Crippen molar-refractivity contribution in [2.45, 2.75) is 57.6 Å². The third-order valence-corrected chi connectivity index (χ3v) is 4.89. The van der Waals surface area contributed by atoms with Gasteiger partial charge >= 0.3 is 6.09 Å². The normalized spacial score (nSPS) is 23.8. The second kappa shape index (κ2) is 6.94. The maximum absolute atomic E-state index is 12.3. The van der Waals surface area contributed by atoms with E-state index in [1.807, 2.05) is 39.0 Å². The van der Waals surface area contributed by atoms with Crippen molar-refractivity contribution in [1.29, 1.82) is 0 Å². The number of likely N-dealkylation sites (tertiary alicyclic amines) is 1. The summed E-state index contributed by atoms with van der Waals surface area (Å²) in [5.74, 6) is 0. The minimum atomic E-state index is -0.531. The van der Waals surface area contributed by atoms with Gasteiger partial charge in [0, 0.05) is 26.2 Å². The summed E-state index contributed by atoms with van der Waals surface area (Å²) in [5, 5.41) is 13.5. The lowest BCUT2D eigenvalue weighted by molar-refractivity contribution is -0.00424. The first-order valence-corrected chi connectivity index (χ1v) is 9.00. The highest BCUT2D eigenvalue weighted by atomic mass is 16.6. The number of carbonyl (C=O) groups excluding carboxylic acids is 1. The lowest BCUT2D eigenvalue weighted by Crippen LogP contribution is -2.59. The van der Waals surface area contributed by atoms with Crippen LogP contribution >= 0.6 is 0 Å². The smallest absolute Gasteiger partial charge is 0.410 e. The largest absolute Gasteiger partial charge is 0.444 e. The Balaban J connectivity index is 1.64. The van der Waals surface area contributed by atoms with Gasteiger partial charge in [-0.05, 0) is 39.2 Å². The van der Waals surface area contributed by atoms with Crippen molar-refractivity contribution in [3.8, 4) is 0 Å². The second-order valence-electron chi connectivity index (χ2n) is 8.03. The first kappa shape index (κ1) is 18.2. The van der Waals surface area contributed by atoms with Gasteiger partial charge < -0.3 is 14.7 Å². The first-order chi connectivity index (χ1) is 11.8. The molecule has 0 aromatic heterocycles. The van der Waals surface area contributed by atoms with Gasteiger partial charge in [0.2, 0.25) is 0 Å². The molecular weight excluding hydrogens is 318 g/mol. The molecular formula is C19H29N3O3. The Bertz CT molecular complexity index is 592. The van der Waals surface area contributed by atoms with Crippen molar-refractivity contribution < 1.29 is 14.6 Å². The van der Waals surface area contributed by atoms with Crippen LogP contribution in [-0.4, -0.2) is 58.1 Å². The van der Waals surface area contributed by atoms with Gasteiger partial charge in [-0.3, -0.25) is 10.2 Å². The highest BCUT2D eigenvalue weighted by Gasteiger charge is 2.47. The lowest BCUT2D eigenvalue weighted by Gasteiger charge is -2.44. The van der Waals surface area contributed by atoms with Gasteiger partial charge in [0.15, 0.2) is 0 Å². The van der Waals surface area contributed by atoms with E-state index in [0.29, 0.717) is 19.6 Å². The number of aliphatic hydroxyl groups excluding tert-OH is 1. The molecule has 25 heavy (non-hydrogen) atoms. The monoisotopic (exact) mass is 347 g/mol. The fraction of sp³-hybridized carbons (Fsp3) is 0.632. The predicted molar refractivity (Wildman–Crippen MR) is 95.8 cm³/mol. The molecule has 0 aliphatic carbocycles. The Morgan fingerprint density at radius 1 is 1.28 bits per heavy atom. The molecule has 2 heterocycles. The Morgan fingerprint density at radius 3 is 2.52 bits per heavy atom. The van der Waals surface area contributed by atoms with E-state index in [4.69, 9.17) is 4.74 Å². The number of β-amino-alcohol motifs (C(OH)–C–C–N with tert-alkyl or cyclic N) is 1. The number of piperidine rings is 1. The number of rotatable bonds is 2. The molecule has 6 nitrogen and oxygen atoms in total. The molecule has 0 radical (unpaired) electrons. The standard InChI is InChI=1S/C19H29N3O3/c1-18(2,3)25-17(24)21-11-9-19(10-12-21)20-16(23)14-22(19)13-15-7-5-4-6-8-15/h4-8,16,20,23H,9-14H2,1-3H3.